The summed E-state index contributed by atoms with van der Waals surface area (Å²) in [6.45, 7) is 2.91. The van der Waals surface area contributed by atoms with Crippen LogP contribution in [0.2, 0.25) is 0 Å². The van der Waals surface area contributed by atoms with Crippen molar-refractivity contribution in [3.63, 3.8) is 0 Å². The fourth-order valence-electron chi connectivity index (χ4n) is 2.16. The van der Waals surface area contributed by atoms with E-state index in [1.807, 2.05) is 42.5 Å². The summed E-state index contributed by atoms with van der Waals surface area (Å²) in [5, 5.41) is 9.50. The molecule has 2 heterocycles. The molecule has 4 nitrogen and oxygen atoms in total. The van der Waals surface area contributed by atoms with Gasteiger partial charge in [0.2, 0.25) is 0 Å². The summed E-state index contributed by atoms with van der Waals surface area (Å²) >= 11 is 1.61. The fraction of sp³-hybridized carbons (Fsp3) is 0.167. The number of hydrogen-bond donors (Lipinski definition) is 0. The molecule has 0 atom stereocenters. The van der Waals surface area contributed by atoms with Crippen LogP contribution >= 0.6 is 11.8 Å². The van der Waals surface area contributed by atoms with Crippen LogP contribution in [-0.4, -0.2) is 25.5 Å². The lowest BCUT2D eigenvalue weighted by molar-refractivity contribution is 0.688. The second kappa shape index (κ2) is 7.61. The van der Waals surface area contributed by atoms with Crippen LogP contribution in [0.5, 0.6) is 0 Å². The van der Waals surface area contributed by atoms with Gasteiger partial charge in [-0.1, -0.05) is 41.8 Å². The maximum atomic E-state index is 4.31. The normalized spacial score (nSPS) is 10.1. The molecular weight excluding hydrogens is 304 g/mol. The lowest BCUT2D eigenvalue weighted by Crippen LogP contribution is -1.99. The molecule has 0 aliphatic heterocycles. The van der Waals surface area contributed by atoms with Crippen LogP contribution in [0.4, 0.5) is 0 Å². The van der Waals surface area contributed by atoms with Gasteiger partial charge in [0.25, 0.3) is 0 Å². The Morgan fingerprint density at radius 2 is 1.83 bits per heavy atom. The first-order chi connectivity index (χ1) is 11.4. The molecule has 0 saturated heterocycles. The summed E-state index contributed by atoms with van der Waals surface area (Å²) in [5.74, 6) is 7.88. The van der Waals surface area contributed by atoms with Crippen LogP contribution in [0.15, 0.2) is 60.0 Å². The van der Waals surface area contributed by atoms with Gasteiger partial charge < -0.3 is 4.57 Å². The first kappa shape index (κ1) is 15.3. The Hall–Kier alpha value is -2.58. The molecule has 2 aromatic heterocycles. The first-order valence-corrected chi connectivity index (χ1v) is 8.37. The van der Waals surface area contributed by atoms with E-state index in [9.17, 15) is 0 Å². The summed E-state index contributed by atoms with van der Waals surface area (Å²) in [6, 6.07) is 13.9. The molecule has 5 heteroatoms. The lowest BCUT2D eigenvalue weighted by atomic mass is 10.2. The molecule has 0 aliphatic rings. The van der Waals surface area contributed by atoms with E-state index >= 15 is 0 Å². The highest BCUT2D eigenvalue weighted by molar-refractivity contribution is 7.99. The largest absolute Gasteiger partial charge is 0.302 e. The summed E-state index contributed by atoms with van der Waals surface area (Å²) in [7, 11) is 0. The topological polar surface area (TPSA) is 43.6 Å². The Balaban J connectivity index is 1.72. The van der Waals surface area contributed by atoms with E-state index in [1.165, 1.54) is 0 Å². The van der Waals surface area contributed by atoms with Crippen LogP contribution in [0, 0.1) is 11.8 Å². The van der Waals surface area contributed by atoms with Crippen LogP contribution in [0.3, 0.4) is 0 Å². The van der Waals surface area contributed by atoms with Gasteiger partial charge in [0.05, 0.1) is 5.75 Å². The number of benzene rings is 1. The van der Waals surface area contributed by atoms with Crippen LogP contribution in [-0.2, 0) is 6.54 Å². The third-order valence-electron chi connectivity index (χ3n) is 3.25. The summed E-state index contributed by atoms with van der Waals surface area (Å²) in [4.78, 5) is 4.04. The molecule has 3 aromatic rings. The van der Waals surface area contributed by atoms with E-state index in [2.05, 4.69) is 38.5 Å². The average Bonchev–Trinajstić information content (AvgIpc) is 3.03. The Bertz CT molecular complexity index is 816. The molecule has 0 bridgehead atoms. The van der Waals surface area contributed by atoms with Crippen molar-refractivity contribution < 1.29 is 0 Å². The number of aromatic nitrogens is 4. The molecule has 0 radical (unpaired) electrons. The van der Waals surface area contributed by atoms with Gasteiger partial charge in [-0.2, -0.15) is 0 Å². The van der Waals surface area contributed by atoms with Crippen molar-refractivity contribution in [2.75, 3.05) is 5.75 Å². The second-order valence-electron chi connectivity index (χ2n) is 4.74. The summed E-state index contributed by atoms with van der Waals surface area (Å²) in [5.41, 5.74) is 2.05. The highest BCUT2D eigenvalue weighted by Crippen LogP contribution is 2.23. The summed E-state index contributed by atoms with van der Waals surface area (Å²) in [6.07, 6.45) is 3.53. The quantitative estimate of drug-likeness (QED) is 0.545. The van der Waals surface area contributed by atoms with Gasteiger partial charge in [0.15, 0.2) is 11.0 Å². The van der Waals surface area contributed by atoms with Gasteiger partial charge >= 0.3 is 0 Å². The SMILES string of the molecule is CCn1c(SCC#Cc2ccccc2)nnc1-c1ccncc1. The number of rotatable bonds is 4. The Morgan fingerprint density at radius 1 is 1.04 bits per heavy atom. The standard InChI is InChI=1S/C18H16N4S/c1-2-22-17(16-10-12-19-13-11-16)20-21-18(22)23-14-6-9-15-7-4-3-5-8-15/h3-5,7-8,10-13H,2,14H2,1H3. The van der Waals surface area contributed by atoms with Gasteiger partial charge in [-0.3, -0.25) is 4.98 Å². The molecule has 23 heavy (non-hydrogen) atoms. The predicted octanol–water partition coefficient (Wildman–Crippen LogP) is 3.50. The van der Waals surface area contributed by atoms with E-state index in [-0.39, 0.29) is 0 Å². The lowest BCUT2D eigenvalue weighted by Gasteiger charge is -2.05. The minimum atomic E-state index is 0.684. The van der Waals surface area contributed by atoms with Crippen LogP contribution in [0.1, 0.15) is 12.5 Å². The van der Waals surface area contributed by atoms with E-state index in [0.717, 1.165) is 28.7 Å². The molecule has 0 spiro atoms. The monoisotopic (exact) mass is 320 g/mol. The number of thioether (sulfide) groups is 1. The zero-order valence-electron chi connectivity index (χ0n) is 12.8. The molecule has 0 saturated carbocycles. The second-order valence-corrected chi connectivity index (χ2v) is 5.69. The predicted molar refractivity (Wildman–Crippen MR) is 93.0 cm³/mol. The maximum absolute atomic E-state index is 4.31. The minimum absolute atomic E-state index is 0.684. The van der Waals surface area contributed by atoms with Gasteiger partial charge in [-0.05, 0) is 31.2 Å². The highest BCUT2D eigenvalue weighted by atomic mass is 32.2. The van der Waals surface area contributed by atoms with Crippen molar-refractivity contribution in [2.45, 2.75) is 18.6 Å². The van der Waals surface area contributed by atoms with Gasteiger partial charge in [0, 0.05) is 30.1 Å². The van der Waals surface area contributed by atoms with Crippen LogP contribution in [0.25, 0.3) is 11.4 Å². The van der Waals surface area contributed by atoms with Gasteiger partial charge in [0.1, 0.15) is 0 Å². The fourth-order valence-corrected chi connectivity index (χ4v) is 2.90. The van der Waals surface area contributed by atoms with E-state index in [4.69, 9.17) is 0 Å². The van der Waals surface area contributed by atoms with E-state index in [1.54, 1.807) is 24.2 Å². The zero-order valence-corrected chi connectivity index (χ0v) is 13.6. The molecule has 3 rings (SSSR count). The molecule has 0 N–H and O–H groups in total. The molecule has 1 aromatic carbocycles. The number of hydrogen-bond acceptors (Lipinski definition) is 4. The Morgan fingerprint density at radius 3 is 2.57 bits per heavy atom. The van der Waals surface area contributed by atoms with Crippen molar-refractivity contribution in [1.82, 2.24) is 19.7 Å². The Labute approximate surface area is 140 Å². The third-order valence-corrected chi connectivity index (χ3v) is 4.10. The summed E-state index contributed by atoms with van der Waals surface area (Å²) < 4.78 is 2.10. The third kappa shape index (κ3) is 3.79. The van der Waals surface area contributed by atoms with Crippen molar-refractivity contribution in [3.8, 4) is 23.2 Å². The van der Waals surface area contributed by atoms with Gasteiger partial charge in [-0.25, -0.2) is 0 Å². The number of nitrogens with zero attached hydrogens (tertiary/aromatic N) is 4. The van der Waals surface area contributed by atoms with Crippen molar-refractivity contribution in [2.24, 2.45) is 0 Å². The van der Waals surface area contributed by atoms with Crippen molar-refractivity contribution >= 4 is 11.8 Å². The zero-order chi connectivity index (χ0) is 15.9. The minimum Gasteiger partial charge on any atom is -0.302 e. The molecule has 114 valence electrons. The van der Waals surface area contributed by atoms with Crippen molar-refractivity contribution in [3.05, 3.63) is 60.4 Å². The van der Waals surface area contributed by atoms with E-state index in [0.29, 0.717) is 5.75 Å². The van der Waals surface area contributed by atoms with Crippen molar-refractivity contribution in [1.29, 1.82) is 0 Å². The first-order valence-electron chi connectivity index (χ1n) is 7.39. The smallest absolute Gasteiger partial charge is 0.192 e. The molecular formula is C18H16N4S. The highest BCUT2D eigenvalue weighted by Gasteiger charge is 2.12. The van der Waals surface area contributed by atoms with Crippen LogP contribution < -0.4 is 0 Å². The molecule has 0 unspecified atom stereocenters. The molecule has 0 amide bonds. The number of pyridine rings is 1. The Kier molecular flexibility index (Phi) is 5.07. The maximum Gasteiger partial charge on any atom is 0.192 e. The molecule has 0 fully saturated rings. The molecule has 0 aliphatic carbocycles. The van der Waals surface area contributed by atoms with E-state index < -0.39 is 0 Å². The average molecular weight is 320 g/mol. The van der Waals surface area contributed by atoms with Gasteiger partial charge in [-0.15, -0.1) is 10.2 Å².